The first-order valence-corrected chi connectivity index (χ1v) is 8.17. The van der Waals surface area contributed by atoms with Crippen molar-refractivity contribution in [2.75, 3.05) is 44.2 Å². The normalized spacial score (nSPS) is 21.8. The molecule has 0 radical (unpaired) electrons. The first-order valence-electron chi connectivity index (χ1n) is 7.01. The van der Waals surface area contributed by atoms with E-state index in [1.165, 1.54) is 43.1 Å². The van der Waals surface area contributed by atoms with E-state index in [-0.39, 0.29) is 0 Å². The van der Waals surface area contributed by atoms with Gasteiger partial charge in [-0.1, -0.05) is 24.3 Å². The van der Waals surface area contributed by atoms with Crippen LogP contribution in [0.15, 0.2) is 24.3 Å². The second-order valence-electron chi connectivity index (χ2n) is 5.32. The van der Waals surface area contributed by atoms with Gasteiger partial charge in [0.1, 0.15) is 0 Å². The summed E-state index contributed by atoms with van der Waals surface area (Å²) in [5.74, 6) is 3.47. The highest BCUT2D eigenvalue weighted by Crippen LogP contribution is 2.33. The summed E-state index contributed by atoms with van der Waals surface area (Å²) in [5, 5.41) is 3.40. The van der Waals surface area contributed by atoms with Crippen LogP contribution in [0.1, 0.15) is 17.0 Å². The second-order valence-corrected chi connectivity index (χ2v) is 6.39. The Bertz CT molecular complexity index is 367. The van der Waals surface area contributed by atoms with Crippen molar-refractivity contribution in [3.8, 4) is 0 Å². The van der Waals surface area contributed by atoms with E-state index in [0.717, 1.165) is 19.0 Å². The average molecular weight is 262 g/mol. The standard InChI is InChI=1S/C15H22N2S/c1-3-14(15-11-18-12-15)4-2-13(1)5-8-17-9-6-16-7-10-17/h1-4,15-16H,5-12H2. The lowest BCUT2D eigenvalue weighted by Gasteiger charge is -2.27. The Kier molecular flexibility index (Phi) is 4.24. The molecule has 2 nitrogen and oxygen atoms in total. The van der Waals surface area contributed by atoms with Gasteiger partial charge in [-0.25, -0.2) is 0 Å². The van der Waals surface area contributed by atoms with E-state index < -0.39 is 0 Å². The predicted molar refractivity (Wildman–Crippen MR) is 79.5 cm³/mol. The van der Waals surface area contributed by atoms with Crippen LogP contribution >= 0.6 is 11.8 Å². The highest BCUT2D eigenvalue weighted by atomic mass is 32.2. The van der Waals surface area contributed by atoms with E-state index in [1.807, 2.05) is 0 Å². The Morgan fingerprint density at radius 1 is 1.11 bits per heavy atom. The van der Waals surface area contributed by atoms with Crippen LogP contribution in [-0.2, 0) is 6.42 Å². The van der Waals surface area contributed by atoms with E-state index in [0.29, 0.717) is 0 Å². The van der Waals surface area contributed by atoms with Crippen LogP contribution in [0.2, 0.25) is 0 Å². The molecule has 2 fully saturated rings. The molecular weight excluding hydrogens is 240 g/mol. The minimum atomic E-state index is 0.831. The maximum Gasteiger partial charge on any atom is 0.0108 e. The molecule has 0 aliphatic carbocycles. The van der Waals surface area contributed by atoms with Crippen molar-refractivity contribution in [3.63, 3.8) is 0 Å². The molecule has 1 aromatic rings. The quantitative estimate of drug-likeness (QED) is 0.893. The third-order valence-corrected chi connectivity index (χ3v) is 5.29. The summed E-state index contributed by atoms with van der Waals surface area (Å²) in [7, 11) is 0. The molecule has 1 N–H and O–H groups in total. The van der Waals surface area contributed by atoms with Crippen LogP contribution in [0, 0.1) is 0 Å². The monoisotopic (exact) mass is 262 g/mol. The molecule has 2 saturated heterocycles. The number of hydrogen-bond donors (Lipinski definition) is 1. The molecule has 98 valence electrons. The zero-order valence-corrected chi connectivity index (χ0v) is 11.7. The van der Waals surface area contributed by atoms with Gasteiger partial charge in [-0.3, -0.25) is 0 Å². The van der Waals surface area contributed by atoms with Gasteiger partial charge in [0.15, 0.2) is 0 Å². The van der Waals surface area contributed by atoms with Crippen molar-refractivity contribution >= 4 is 11.8 Å². The van der Waals surface area contributed by atoms with Crippen LogP contribution in [0.3, 0.4) is 0 Å². The first kappa shape index (κ1) is 12.5. The number of nitrogens with one attached hydrogen (secondary N) is 1. The van der Waals surface area contributed by atoms with Gasteiger partial charge in [0.2, 0.25) is 0 Å². The molecule has 0 atom stereocenters. The summed E-state index contributed by atoms with van der Waals surface area (Å²) in [6, 6.07) is 9.36. The van der Waals surface area contributed by atoms with E-state index in [2.05, 4.69) is 46.2 Å². The lowest BCUT2D eigenvalue weighted by Crippen LogP contribution is -2.44. The van der Waals surface area contributed by atoms with Crippen LogP contribution in [-0.4, -0.2) is 49.1 Å². The largest absolute Gasteiger partial charge is 0.314 e. The lowest BCUT2D eigenvalue weighted by atomic mass is 10.00. The van der Waals surface area contributed by atoms with Crippen LogP contribution in [0.25, 0.3) is 0 Å². The topological polar surface area (TPSA) is 15.3 Å². The number of piperazine rings is 1. The number of benzene rings is 1. The fraction of sp³-hybridized carbons (Fsp3) is 0.600. The highest BCUT2D eigenvalue weighted by molar-refractivity contribution is 8.00. The first-order chi connectivity index (χ1) is 8.92. The third-order valence-electron chi connectivity index (χ3n) is 4.02. The summed E-state index contributed by atoms with van der Waals surface area (Å²) in [4.78, 5) is 2.56. The van der Waals surface area contributed by atoms with E-state index >= 15 is 0 Å². The fourth-order valence-corrected chi connectivity index (χ4v) is 3.46. The summed E-state index contributed by atoms with van der Waals surface area (Å²) in [6.45, 7) is 5.92. The van der Waals surface area contributed by atoms with Crippen molar-refractivity contribution in [2.45, 2.75) is 12.3 Å². The van der Waals surface area contributed by atoms with Crippen molar-refractivity contribution in [3.05, 3.63) is 35.4 Å². The maximum absolute atomic E-state index is 3.40. The minimum Gasteiger partial charge on any atom is -0.314 e. The van der Waals surface area contributed by atoms with Crippen molar-refractivity contribution < 1.29 is 0 Å². The molecule has 18 heavy (non-hydrogen) atoms. The molecule has 0 amide bonds. The molecule has 2 heterocycles. The van der Waals surface area contributed by atoms with Gasteiger partial charge in [-0.05, 0) is 17.5 Å². The van der Waals surface area contributed by atoms with Crippen LogP contribution < -0.4 is 5.32 Å². The Morgan fingerprint density at radius 3 is 2.44 bits per heavy atom. The van der Waals surface area contributed by atoms with E-state index in [4.69, 9.17) is 0 Å². The zero-order chi connectivity index (χ0) is 12.2. The number of nitrogens with zero attached hydrogens (tertiary/aromatic N) is 1. The molecule has 0 spiro atoms. The van der Waals surface area contributed by atoms with Crippen molar-refractivity contribution in [1.29, 1.82) is 0 Å². The molecule has 0 unspecified atom stereocenters. The Hall–Kier alpha value is -0.510. The molecule has 0 bridgehead atoms. The SMILES string of the molecule is c1cc(C2CSC2)ccc1CCN1CCNCC1. The van der Waals surface area contributed by atoms with Gasteiger partial charge in [0, 0.05) is 50.1 Å². The van der Waals surface area contributed by atoms with Gasteiger partial charge in [-0.2, -0.15) is 11.8 Å². The molecule has 0 saturated carbocycles. The smallest absolute Gasteiger partial charge is 0.0108 e. The van der Waals surface area contributed by atoms with Gasteiger partial charge in [0.25, 0.3) is 0 Å². The van der Waals surface area contributed by atoms with Gasteiger partial charge in [0.05, 0.1) is 0 Å². The highest BCUT2D eigenvalue weighted by Gasteiger charge is 2.19. The number of rotatable bonds is 4. The molecule has 3 rings (SSSR count). The Morgan fingerprint density at radius 2 is 1.83 bits per heavy atom. The Labute approximate surface area is 114 Å². The molecule has 3 heteroatoms. The van der Waals surface area contributed by atoms with E-state index in [9.17, 15) is 0 Å². The Balaban J connectivity index is 1.49. The van der Waals surface area contributed by atoms with Gasteiger partial charge >= 0.3 is 0 Å². The minimum absolute atomic E-state index is 0.831. The van der Waals surface area contributed by atoms with Gasteiger partial charge in [-0.15, -0.1) is 0 Å². The summed E-state index contributed by atoms with van der Waals surface area (Å²) < 4.78 is 0. The zero-order valence-electron chi connectivity index (χ0n) is 10.9. The number of hydrogen-bond acceptors (Lipinski definition) is 3. The molecule has 1 aromatic carbocycles. The molecule has 0 aromatic heterocycles. The van der Waals surface area contributed by atoms with Crippen molar-refractivity contribution in [1.82, 2.24) is 10.2 Å². The van der Waals surface area contributed by atoms with Crippen molar-refractivity contribution in [2.24, 2.45) is 0 Å². The molecular formula is C15H22N2S. The van der Waals surface area contributed by atoms with Gasteiger partial charge < -0.3 is 10.2 Å². The maximum atomic E-state index is 3.40. The van der Waals surface area contributed by atoms with Crippen LogP contribution in [0.4, 0.5) is 0 Å². The summed E-state index contributed by atoms with van der Waals surface area (Å²) >= 11 is 2.06. The van der Waals surface area contributed by atoms with E-state index in [1.54, 1.807) is 5.56 Å². The summed E-state index contributed by atoms with van der Waals surface area (Å²) in [5.41, 5.74) is 3.03. The predicted octanol–water partition coefficient (Wildman–Crippen LogP) is 1.96. The fourth-order valence-electron chi connectivity index (χ4n) is 2.61. The van der Waals surface area contributed by atoms with Crippen LogP contribution in [0.5, 0.6) is 0 Å². The summed E-state index contributed by atoms with van der Waals surface area (Å²) in [6.07, 6.45) is 1.19. The second kappa shape index (κ2) is 6.09. The molecule has 2 aliphatic rings. The third kappa shape index (κ3) is 3.08. The average Bonchev–Trinajstić information content (AvgIpc) is 2.37. The molecule has 2 aliphatic heterocycles. The number of thioether (sulfide) groups is 1. The lowest BCUT2D eigenvalue weighted by molar-refractivity contribution is 0.244.